The predicted octanol–water partition coefficient (Wildman–Crippen LogP) is 7.46. The summed E-state index contributed by atoms with van der Waals surface area (Å²) in [7, 11) is 0. The molecule has 2 heterocycles. The summed E-state index contributed by atoms with van der Waals surface area (Å²) in [6.45, 7) is 0.659. The fraction of sp³-hybridized carbons (Fsp3) is 0.188. The number of carbonyl (C=O) groups is 2. The molecule has 6 rings (SSSR count). The Morgan fingerprint density at radius 1 is 0.925 bits per heavy atom. The Balaban J connectivity index is 1.54. The zero-order valence-corrected chi connectivity index (χ0v) is 22.9. The van der Waals surface area contributed by atoms with Gasteiger partial charge in [0.05, 0.1) is 6.04 Å². The number of rotatable bonds is 4. The lowest BCUT2D eigenvalue weighted by Gasteiger charge is -2.51. The standard InChI is InChI=1S/C32H26Cl2FN3O2/c33-23-10-4-8-21(16-23)26-14-15-38(31(40)36-19-20-6-2-1-3-7-20)29(22-9-5-11-25(35)17-22)32(26)27-13-12-24(34)18-28(27)37-30(32)39/h1-13,16-18,26,29H,14-15,19H2,(H,36,40)(H,37,39)/t26-,29+,32+/m0/s1. The first-order valence-electron chi connectivity index (χ1n) is 13.1. The van der Waals surface area contributed by atoms with Crippen LogP contribution in [0.1, 0.15) is 40.6 Å². The molecule has 4 aromatic carbocycles. The Kier molecular flexibility index (Phi) is 6.99. The molecule has 2 aliphatic heterocycles. The van der Waals surface area contributed by atoms with Gasteiger partial charge in [0.1, 0.15) is 11.2 Å². The van der Waals surface area contributed by atoms with E-state index < -0.39 is 17.3 Å². The van der Waals surface area contributed by atoms with E-state index in [0.717, 1.165) is 11.1 Å². The van der Waals surface area contributed by atoms with E-state index in [-0.39, 0.29) is 17.9 Å². The fourth-order valence-corrected chi connectivity index (χ4v) is 6.74. The van der Waals surface area contributed by atoms with E-state index in [1.807, 2.05) is 54.6 Å². The summed E-state index contributed by atoms with van der Waals surface area (Å²) in [6.07, 6.45) is 0.487. The largest absolute Gasteiger partial charge is 0.334 e. The third kappa shape index (κ3) is 4.51. The van der Waals surface area contributed by atoms with Gasteiger partial charge >= 0.3 is 6.03 Å². The van der Waals surface area contributed by atoms with Crippen molar-refractivity contribution < 1.29 is 14.0 Å². The van der Waals surface area contributed by atoms with Crippen molar-refractivity contribution in [2.24, 2.45) is 0 Å². The molecule has 2 N–H and O–H groups in total. The van der Waals surface area contributed by atoms with Gasteiger partial charge in [0, 0.05) is 34.7 Å². The highest BCUT2D eigenvalue weighted by molar-refractivity contribution is 6.31. The number of carbonyl (C=O) groups excluding carboxylic acids is 2. The van der Waals surface area contributed by atoms with Crippen LogP contribution in [0.15, 0.2) is 97.1 Å². The molecule has 202 valence electrons. The molecule has 5 nitrogen and oxygen atoms in total. The summed E-state index contributed by atoms with van der Waals surface area (Å²) < 4.78 is 14.8. The molecular weight excluding hydrogens is 548 g/mol. The lowest BCUT2D eigenvalue weighted by atomic mass is 9.59. The van der Waals surface area contributed by atoms with E-state index in [9.17, 15) is 14.0 Å². The monoisotopic (exact) mass is 573 g/mol. The lowest BCUT2D eigenvalue weighted by Crippen LogP contribution is -2.59. The fourth-order valence-electron chi connectivity index (χ4n) is 6.37. The molecule has 2 aliphatic rings. The van der Waals surface area contributed by atoms with Crippen LogP contribution < -0.4 is 10.6 Å². The number of halogens is 3. The second-order valence-electron chi connectivity index (χ2n) is 10.2. The number of amides is 3. The summed E-state index contributed by atoms with van der Waals surface area (Å²) in [5, 5.41) is 7.08. The zero-order chi connectivity index (χ0) is 27.9. The van der Waals surface area contributed by atoms with Crippen LogP contribution in [0.4, 0.5) is 14.9 Å². The van der Waals surface area contributed by atoms with Crippen LogP contribution in [0.2, 0.25) is 10.0 Å². The Morgan fingerprint density at radius 2 is 1.68 bits per heavy atom. The molecule has 1 spiro atoms. The molecule has 0 radical (unpaired) electrons. The SMILES string of the molecule is O=C(NCc1ccccc1)N1CC[C@@H](c2cccc(Cl)c2)[C@]2(C(=O)Nc3cc(Cl)ccc32)[C@H]1c1cccc(F)c1. The van der Waals surface area contributed by atoms with E-state index in [2.05, 4.69) is 10.6 Å². The van der Waals surface area contributed by atoms with Crippen LogP contribution in [0, 0.1) is 5.82 Å². The van der Waals surface area contributed by atoms with Gasteiger partial charge in [-0.3, -0.25) is 4.79 Å². The van der Waals surface area contributed by atoms with Crippen LogP contribution in [-0.2, 0) is 16.8 Å². The minimum absolute atomic E-state index is 0.274. The molecule has 40 heavy (non-hydrogen) atoms. The van der Waals surface area contributed by atoms with Gasteiger partial charge in [-0.1, -0.05) is 83.9 Å². The predicted molar refractivity (Wildman–Crippen MR) is 155 cm³/mol. The summed E-state index contributed by atoms with van der Waals surface area (Å²) in [5.41, 5.74) is 2.36. The maximum atomic E-state index is 14.8. The molecule has 0 aromatic heterocycles. The van der Waals surface area contributed by atoms with Gasteiger partial charge in [0.2, 0.25) is 5.91 Å². The molecule has 0 aliphatic carbocycles. The number of urea groups is 1. The summed E-state index contributed by atoms with van der Waals surface area (Å²) in [6, 6.07) is 27.4. The van der Waals surface area contributed by atoms with Crippen LogP contribution >= 0.6 is 23.2 Å². The normalized spacial score (nSPS) is 21.7. The first-order chi connectivity index (χ1) is 19.4. The minimum atomic E-state index is -1.28. The van der Waals surface area contributed by atoms with Crippen molar-refractivity contribution >= 4 is 40.8 Å². The molecule has 0 saturated carbocycles. The van der Waals surface area contributed by atoms with Gasteiger partial charge in [0.15, 0.2) is 0 Å². The Labute approximate surface area is 241 Å². The Bertz CT molecular complexity index is 1600. The van der Waals surface area contributed by atoms with E-state index in [4.69, 9.17) is 23.2 Å². The van der Waals surface area contributed by atoms with Crippen molar-refractivity contribution in [2.75, 3.05) is 11.9 Å². The van der Waals surface area contributed by atoms with E-state index >= 15 is 0 Å². The van der Waals surface area contributed by atoms with Crippen molar-refractivity contribution in [3.8, 4) is 0 Å². The maximum absolute atomic E-state index is 14.8. The Morgan fingerprint density at radius 3 is 2.45 bits per heavy atom. The van der Waals surface area contributed by atoms with Crippen LogP contribution in [0.25, 0.3) is 0 Å². The average Bonchev–Trinajstić information content (AvgIpc) is 3.22. The average molecular weight is 574 g/mol. The van der Waals surface area contributed by atoms with E-state index in [1.165, 1.54) is 12.1 Å². The molecule has 0 unspecified atom stereocenters. The number of hydrogen-bond acceptors (Lipinski definition) is 2. The number of anilines is 1. The summed E-state index contributed by atoms with van der Waals surface area (Å²) in [5.74, 6) is -1.08. The van der Waals surface area contributed by atoms with E-state index in [0.29, 0.717) is 46.4 Å². The summed E-state index contributed by atoms with van der Waals surface area (Å²) >= 11 is 12.8. The van der Waals surface area contributed by atoms with Gasteiger partial charge in [-0.15, -0.1) is 0 Å². The first-order valence-corrected chi connectivity index (χ1v) is 13.8. The van der Waals surface area contributed by atoms with Crippen molar-refractivity contribution in [2.45, 2.75) is 30.3 Å². The van der Waals surface area contributed by atoms with Gasteiger partial charge in [0.25, 0.3) is 0 Å². The number of nitrogens with one attached hydrogen (secondary N) is 2. The van der Waals surface area contributed by atoms with Gasteiger partial charge in [-0.2, -0.15) is 0 Å². The Hall–Kier alpha value is -3.87. The maximum Gasteiger partial charge on any atom is 0.318 e. The number of likely N-dealkylation sites (tertiary alicyclic amines) is 1. The van der Waals surface area contributed by atoms with Gasteiger partial charge < -0.3 is 15.5 Å². The third-order valence-electron chi connectivity index (χ3n) is 7.97. The number of hydrogen-bond donors (Lipinski definition) is 2. The van der Waals surface area contributed by atoms with Crippen molar-refractivity contribution in [3.05, 3.63) is 135 Å². The highest BCUT2D eigenvalue weighted by atomic mass is 35.5. The number of nitrogens with zero attached hydrogens (tertiary/aromatic N) is 1. The molecule has 8 heteroatoms. The number of fused-ring (bicyclic) bond motifs is 2. The second kappa shape index (κ2) is 10.6. The zero-order valence-electron chi connectivity index (χ0n) is 21.4. The minimum Gasteiger partial charge on any atom is -0.334 e. The van der Waals surface area contributed by atoms with Crippen molar-refractivity contribution in [3.63, 3.8) is 0 Å². The molecule has 3 atom stereocenters. The lowest BCUT2D eigenvalue weighted by molar-refractivity contribution is -0.126. The topological polar surface area (TPSA) is 61.4 Å². The van der Waals surface area contributed by atoms with Crippen LogP contribution in [0.3, 0.4) is 0 Å². The molecule has 1 fully saturated rings. The van der Waals surface area contributed by atoms with Gasteiger partial charge in [-0.25, -0.2) is 9.18 Å². The van der Waals surface area contributed by atoms with Crippen LogP contribution in [-0.4, -0.2) is 23.4 Å². The third-order valence-corrected chi connectivity index (χ3v) is 8.44. The van der Waals surface area contributed by atoms with Gasteiger partial charge in [-0.05, 0) is 65.1 Å². The molecule has 3 amide bonds. The molecule has 0 bridgehead atoms. The molecule has 4 aromatic rings. The second-order valence-corrected chi connectivity index (χ2v) is 11.1. The van der Waals surface area contributed by atoms with Crippen molar-refractivity contribution in [1.82, 2.24) is 10.2 Å². The van der Waals surface area contributed by atoms with Crippen molar-refractivity contribution in [1.29, 1.82) is 0 Å². The molecular formula is C32H26Cl2FN3O2. The smallest absolute Gasteiger partial charge is 0.318 e. The quantitative estimate of drug-likeness (QED) is 0.266. The number of benzene rings is 4. The highest BCUT2D eigenvalue weighted by Crippen LogP contribution is 2.60. The summed E-state index contributed by atoms with van der Waals surface area (Å²) in [4.78, 5) is 29.9. The van der Waals surface area contributed by atoms with Crippen LogP contribution in [0.5, 0.6) is 0 Å². The van der Waals surface area contributed by atoms with E-state index in [1.54, 1.807) is 35.2 Å². The highest BCUT2D eigenvalue weighted by Gasteiger charge is 2.62. The molecule has 1 saturated heterocycles. The number of piperidine rings is 1. The first kappa shape index (κ1) is 26.4.